The van der Waals surface area contributed by atoms with Gasteiger partial charge < -0.3 is 14.0 Å². The van der Waals surface area contributed by atoms with Gasteiger partial charge in [0.1, 0.15) is 5.78 Å². The molecule has 0 radical (unpaired) electrons. The van der Waals surface area contributed by atoms with Crippen molar-refractivity contribution in [2.75, 3.05) is 26.7 Å². The van der Waals surface area contributed by atoms with E-state index >= 15 is 0 Å². The van der Waals surface area contributed by atoms with Gasteiger partial charge in [0.25, 0.3) is 0 Å². The molecule has 0 aromatic rings. The molecule has 0 heterocycles. The van der Waals surface area contributed by atoms with E-state index in [4.69, 9.17) is 18.5 Å². The van der Waals surface area contributed by atoms with Crippen molar-refractivity contribution < 1.29 is 37.5 Å². The minimum Gasteiger partial charge on any atom is -0.466 e. The standard InChI is InChI=1S/C20H37O8P/c1-9-26-17(22)12-10-11-16(21)15(19(2,3)4)13-29(24,25-8)28-14-27-18(23)20(5,6)7/h15H,9-14H2,1-8H3/t15-,29+/m0/s1. The molecule has 0 aromatic heterocycles. The summed E-state index contributed by atoms with van der Waals surface area (Å²) in [5.41, 5.74) is -1.22. The lowest BCUT2D eigenvalue weighted by Gasteiger charge is -2.31. The molecule has 0 rings (SSSR count). The van der Waals surface area contributed by atoms with Crippen molar-refractivity contribution in [3.63, 3.8) is 0 Å². The molecule has 0 saturated heterocycles. The molecule has 29 heavy (non-hydrogen) atoms. The molecule has 0 aliphatic heterocycles. The third-order valence-electron chi connectivity index (χ3n) is 4.28. The average Bonchev–Trinajstić information content (AvgIpc) is 2.58. The lowest BCUT2D eigenvalue weighted by atomic mass is 9.78. The molecule has 0 saturated carbocycles. The normalized spacial score (nSPS) is 15.3. The number of hydrogen-bond donors (Lipinski definition) is 0. The molecule has 0 aliphatic carbocycles. The Balaban J connectivity index is 4.99. The Morgan fingerprint density at radius 3 is 2.00 bits per heavy atom. The number of ether oxygens (including phenoxy) is 2. The minimum atomic E-state index is -3.67. The predicted molar refractivity (Wildman–Crippen MR) is 109 cm³/mol. The van der Waals surface area contributed by atoms with E-state index in [2.05, 4.69) is 0 Å². The van der Waals surface area contributed by atoms with Crippen LogP contribution in [0.15, 0.2) is 0 Å². The highest BCUT2D eigenvalue weighted by molar-refractivity contribution is 7.53. The number of carbonyl (C=O) groups excluding carboxylic acids is 3. The van der Waals surface area contributed by atoms with E-state index < -0.39 is 37.1 Å². The fourth-order valence-electron chi connectivity index (χ4n) is 2.45. The third-order valence-corrected chi connectivity index (χ3v) is 6.15. The Labute approximate surface area is 174 Å². The first-order chi connectivity index (χ1) is 13.2. The molecule has 0 aromatic carbocycles. The van der Waals surface area contributed by atoms with Gasteiger partial charge in [-0.1, -0.05) is 20.8 Å². The van der Waals surface area contributed by atoms with E-state index in [1.807, 2.05) is 20.8 Å². The molecule has 0 spiro atoms. The maximum absolute atomic E-state index is 13.0. The van der Waals surface area contributed by atoms with Gasteiger partial charge in [-0.05, 0) is 39.5 Å². The van der Waals surface area contributed by atoms with Crippen LogP contribution in [0, 0.1) is 16.7 Å². The molecule has 9 heteroatoms. The summed E-state index contributed by atoms with van der Waals surface area (Å²) in [6, 6.07) is 0. The van der Waals surface area contributed by atoms with Crippen LogP contribution in [0.5, 0.6) is 0 Å². The quantitative estimate of drug-likeness (QED) is 0.252. The maximum atomic E-state index is 13.0. The van der Waals surface area contributed by atoms with Crippen LogP contribution in [0.2, 0.25) is 0 Å². The number of esters is 2. The van der Waals surface area contributed by atoms with E-state index in [0.29, 0.717) is 13.0 Å². The van der Waals surface area contributed by atoms with Crippen LogP contribution in [0.25, 0.3) is 0 Å². The fraction of sp³-hybridized carbons (Fsp3) is 0.850. The summed E-state index contributed by atoms with van der Waals surface area (Å²) < 4.78 is 33.2. The van der Waals surface area contributed by atoms with Gasteiger partial charge in [0.15, 0.2) is 0 Å². The summed E-state index contributed by atoms with van der Waals surface area (Å²) in [5.74, 6) is -1.59. The Morgan fingerprint density at radius 1 is 0.966 bits per heavy atom. The number of hydrogen-bond acceptors (Lipinski definition) is 8. The van der Waals surface area contributed by atoms with Crippen LogP contribution in [-0.2, 0) is 37.5 Å². The van der Waals surface area contributed by atoms with Gasteiger partial charge in [-0.2, -0.15) is 0 Å². The van der Waals surface area contributed by atoms with Crippen molar-refractivity contribution in [3.8, 4) is 0 Å². The van der Waals surface area contributed by atoms with Crippen LogP contribution in [0.1, 0.15) is 67.7 Å². The second kappa shape index (κ2) is 11.8. The van der Waals surface area contributed by atoms with Crippen molar-refractivity contribution in [2.45, 2.75) is 67.7 Å². The fourth-order valence-corrected chi connectivity index (χ4v) is 4.22. The van der Waals surface area contributed by atoms with Crippen molar-refractivity contribution in [1.82, 2.24) is 0 Å². The van der Waals surface area contributed by atoms with Gasteiger partial charge >= 0.3 is 19.5 Å². The highest BCUT2D eigenvalue weighted by Gasteiger charge is 2.39. The zero-order valence-electron chi connectivity index (χ0n) is 19.0. The molecule has 8 nitrogen and oxygen atoms in total. The van der Waals surface area contributed by atoms with Crippen LogP contribution < -0.4 is 0 Å². The molecule has 0 amide bonds. The summed E-state index contributed by atoms with van der Waals surface area (Å²) in [5, 5.41) is 0. The predicted octanol–water partition coefficient (Wildman–Crippen LogP) is 4.35. The first-order valence-corrected chi connectivity index (χ1v) is 11.5. The lowest BCUT2D eigenvalue weighted by Crippen LogP contribution is -2.32. The second-order valence-electron chi connectivity index (χ2n) is 8.95. The average molecular weight is 436 g/mol. The molecular formula is C20H37O8P. The van der Waals surface area contributed by atoms with Gasteiger partial charge in [0.2, 0.25) is 6.79 Å². The van der Waals surface area contributed by atoms with E-state index in [1.54, 1.807) is 27.7 Å². The Bertz CT molecular complexity index is 601. The first-order valence-electron chi connectivity index (χ1n) is 9.81. The van der Waals surface area contributed by atoms with Crippen molar-refractivity contribution in [1.29, 1.82) is 0 Å². The number of carbonyl (C=O) groups is 3. The molecule has 0 unspecified atom stereocenters. The van der Waals surface area contributed by atoms with E-state index in [0.717, 1.165) is 0 Å². The van der Waals surface area contributed by atoms with Crippen molar-refractivity contribution in [2.24, 2.45) is 16.7 Å². The van der Waals surface area contributed by atoms with Gasteiger partial charge in [0.05, 0.1) is 18.2 Å². The largest absolute Gasteiger partial charge is 0.466 e. The molecule has 0 bridgehead atoms. The number of ketones is 1. The summed E-state index contributed by atoms with van der Waals surface area (Å²) in [7, 11) is -2.43. The van der Waals surface area contributed by atoms with E-state index in [9.17, 15) is 18.9 Å². The Hall–Kier alpha value is -1.24. The molecule has 0 fully saturated rings. The lowest BCUT2D eigenvalue weighted by molar-refractivity contribution is -0.160. The Morgan fingerprint density at radius 2 is 1.55 bits per heavy atom. The van der Waals surface area contributed by atoms with Gasteiger partial charge in [0, 0.05) is 25.9 Å². The summed E-state index contributed by atoms with van der Waals surface area (Å²) in [6.07, 6.45) is 0.519. The minimum absolute atomic E-state index is 0.130. The van der Waals surface area contributed by atoms with Gasteiger partial charge in [-0.3, -0.25) is 23.5 Å². The molecular weight excluding hydrogens is 399 g/mol. The van der Waals surface area contributed by atoms with E-state index in [1.165, 1.54) is 7.11 Å². The van der Waals surface area contributed by atoms with Crippen LogP contribution in [-0.4, -0.2) is 44.4 Å². The van der Waals surface area contributed by atoms with Crippen LogP contribution in [0.3, 0.4) is 0 Å². The zero-order valence-corrected chi connectivity index (χ0v) is 19.9. The highest BCUT2D eigenvalue weighted by Crippen LogP contribution is 2.52. The summed E-state index contributed by atoms with van der Waals surface area (Å²) in [4.78, 5) is 36.0. The van der Waals surface area contributed by atoms with Gasteiger partial charge in [-0.25, -0.2) is 0 Å². The molecule has 0 aliphatic rings. The summed E-state index contributed by atoms with van der Waals surface area (Å²) in [6.45, 7) is 12.2. The molecule has 0 N–H and O–H groups in total. The van der Waals surface area contributed by atoms with Gasteiger partial charge in [-0.15, -0.1) is 0 Å². The highest BCUT2D eigenvalue weighted by atomic mass is 31.2. The van der Waals surface area contributed by atoms with E-state index in [-0.39, 0.29) is 30.8 Å². The van der Waals surface area contributed by atoms with Crippen LogP contribution in [0.4, 0.5) is 0 Å². The zero-order chi connectivity index (χ0) is 22.9. The smallest absolute Gasteiger partial charge is 0.334 e. The topological polar surface area (TPSA) is 105 Å². The molecule has 170 valence electrons. The van der Waals surface area contributed by atoms with Crippen molar-refractivity contribution in [3.05, 3.63) is 0 Å². The first kappa shape index (κ1) is 27.8. The van der Waals surface area contributed by atoms with Crippen molar-refractivity contribution >= 4 is 25.3 Å². The number of Topliss-reactive ketones (excluding diaryl/α,β-unsaturated/α-hetero) is 1. The monoisotopic (exact) mass is 436 g/mol. The number of rotatable bonds is 12. The third kappa shape index (κ3) is 10.9. The summed E-state index contributed by atoms with van der Waals surface area (Å²) >= 11 is 0. The van der Waals surface area contributed by atoms with Crippen LogP contribution >= 0.6 is 7.60 Å². The maximum Gasteiger partial charge on any atom is 0.334 e. The molecule has 2 atom stereocenters. The SMILES string of the molecule is CCOC(=O)CCCC(=O)[C@H](C[P@@](=O)(OC)OCOC(=O)C(C)(C)C)C(C)(C)C. The second-order valence-corrected chi connectivity index (χ2v) is 11.2. The Kier molecular flexibility index (Phi) is 11.3.